The molecule has 1 aromatic heterocycles. The second kappa shape index (κ2) is 8.74. The van der Waals surface area contributed by atoms with Crippen molar-refractivity contribution in [1.29, 1.82) is 0 Å². The van der Waals surface area contributed by atoms with Gasteiger partial charge in [-0.3, -0.25) is 0 Å². The monoisotopic (exact) mass is 447 g/mol. The van der Waals surface area contributed by atoms with E-state index in [0.717, 1.165) is 0 Å². The third-order valence-corrected chi connectivity index (χ3v) is 5.64. The van der Waals surface area contributed by atoms with Gasteiger partial charge in [-0.1, -0.05) is 5.16 Å². The Morgan fingerprint density at radius 2 is 1.87 bits per heavy atom. The maximum absolute atomic E-state index is 12.4. The van der Waals surface area contributed by atoms with Crippen LogP contribution in [0, 0.1) is 13.8 Å². The second-order valence-corrected chi connectivity index (χ2v) is 8.15. The summed E-state index contributed by atoms with van der Waals surface area (Å²) in [6.45, 7) is 2.98. The fourth-order valence-corrected chi connectivity index (χ4v) is 3.74. The number of primary sulfonamides is 1. The Bertz CT molecular complexity index is 1240. The molecule has 0 saturated heterocycles. The van der Waals surface area contributed by atoms with E-state index in [0.29, 0.717) is 28.2 Å². The number of hydrogen-bond donors (Lipinski definition) is 1. The summed E-state index contributed by atoms with van der Waals surface area (Å²) in [4.78, 5) is 16.5. The van der Waals surface area contributed by atoms with E-state index in [1.165, 1.54) is 26.4 Å². The summed E-state index contributed by atoms with van der Waals surface area (Å²) in [6.07, 6.45) is 0. The summed E-state index contributed by atoms with van der Waals surface area (Å²) in [5.74, 6) is 0.625. The molecule has 0 atom stereocenters. The molecule has 2 N–H and O–H groups in total. The van der Waals surface area contributed by atoms with Crippen LogP contribution in [0.5, 0.6) is 11.5 Å². The Kier molecular flexibility index (Phi) is 6.27. The molecule has 2 aromatic carbocycles. The summed E-state index contributed by atoms with van der Waals surface area (Å²) < 4.78 is 44.3. The Hall–Kier alpha value is -3.44. The van der Waals surface area contributed by atoms with Gasteiger partial charge in [-0.05, 0) is 49.2 Å². The number of benzene rings is 2. The SMILES string of the molecule is COc1ccc(-c2noc(COC(=O)c3cc(C)c(C)c(S(N)(=O)=O)c3)n2)c(OC)c1. The first-order valence-corrected chi connectivity index (χ1v) is 10.5. The molecule has 3 aromatic rings. The van der Waals surface area contributed by atoms with Gasteiger partial charge < -0.3 is 18.7 Å². The number of hydrogen-bond acceptors (Lipinski definition) is 9. The molecule has 0 unspecified atom stereocenters. The number of sulfonamides is 1. The van der Waals surface area contributed by atoms with Gasteiger partial charge in [0, 0.05) is 6.07 Å². The van der Waals surface area contributed by atoms with Crippen molar-refractivity contribution >= 4 is 16.0 Å². The van der Waals surface area contributed by atoms with Gasteiger partial charge in [0.25, 0.3) is 5.89 Å². The van der Waals surface area contributed by atoms with Gasteiger partial charge in [0.2, 0.25) is 15.8 Å². The topological polar surface area (TPSA) is 144 Å². The zero-order valence-corrected chi connectivity index (χ0v) is 18.1. The van der Waals surface area contributed by atoms with Gasteiger partial charge >= 0.3 is 5.97 Å². The molecule has 0 amide bonds. The molecule has 0 fully saturated rings. The number of rotatable bonds is 7. The van der Waals surface area contributed by atoms with Gasteiger partial charge in [-0.15, -0.1) is 0 Å². The molecule has 0 aliphatic heterocycles. The van der Waals surface area contributed by atoms with Gasteiger partial charge in [0.1, 0.15) is 11.5 Å². The van der Waals surface area contributed by atoms with E-state index in [4.69, 9.17) is 23.9 Å². The van der Waals surface area contributed by atoms with Crippen molar-refractivity contribution in [2.45, 2.75) is 25.3 Å². The fourth-order valence-electron chi connectivity index (χ4n) is 2.86. The maximum Gasteiger partial charge on any atom is 0.338 e. The highest BCUT2D eigenvalue weighted by molar-refractivity contribution is 7.89. The minimum atomic E-state index is -3.99. The van der Waals surface area contributed by atoms with Gasteiger partial charge in [-0.2, -0.15) is 4.98 Å². The first-order valence-electron chi connectivity index (χ1n) is 9.00. The molecule has 0 aliphatic rings. The number of aromatic nitrogens is 2. The predicted octanol–water partition coefficient (Wildman–Crippen LogP) is 2.38. The van der Waals surface area contributed by atoms with Gasteiger partial charge in [0.05, 0.1) is 30.2 Å². The second-order valence-electron chi connectivity index (χ2n) is 6.62. The summed E-state index contributed by atoms with van der Waals surface area (Å²) in [6, 6.07) is 7.81. The van der Waals surface area contributed by atoms with E-state index < -0.39 is 16.0 Å². The fraction of sp³-hybridized carbons (Fsp3) is 0.250. The van der Waals surface area contributed by atoms with E-state index in [1.807, 2.05) is 0 Å². The van der Waals surface area contributed by atoms with Crippen molar-refractivity contribution in [3.05, 3.63) is 52.9 Å². The van der Waals surface area contributed by atoms with Gasteiger partial charge in [0.15, 0.2) is 6.61 Å². The van der Waals surface area contributed by atoms with Crippen LogP contribution in [-0.2, 0) is 21.4 Å². The lowest BCUT2D eigenvalue weighted by Crippen LogP contribution is -2.16. The van der Waals surface area contributed by atoms with Crippen LogP contribution in [0.25, 0.3) is 11.4 Å². The molecular formula is C20H21N3O7S. The lowest BCUT2D eigenvalue weighted by Gasteiger charge is -2.10. The predicted molar refractivity (Wildman–Crippen MR) is 109 cm³/mol. The molecule has 0 spiro atoms. The molecule has 31 heavy (non-hydrogen) atoms. The van der Waals surface area contributed by atoms with Crippen LogP contribution >= 0.6 is 0 Å². The molecular weight excluding hydrogens is 426 g/mol. The highest BCUT2D eigenvalue weighted by Crippen LogP contribution is 2.31. The molecule has 3 rings (SSSR count). The van der Waals surface area contributed by atoms with Crippen molar-refractivity contribution in [1.82, 2.24) is 10.1 Å². The average molecular weight is 447 g/mol. The molecule has 10 nitrogen and oxygen atoms in total. The Balaban J connectivity index is 1.77. The third-order valence-electron chi connectivity index (χ3n) is 4.61. The lowest BCUT2D eigenvalue weighted by molar-refractivity contribution is 0.0429. The molecule has 1 heterocycles. The van der Waals surface area contributed by atoms with E-state index in [-0.39, 0.29) is 28.8 Å². The summed E-state index contributed by atoms with van der Waals surface area (Å²) in [5.41, 5.74) is 1.67. The number of carbonyl (C=O) groups is 1. The van der Waals surface area contributed by atoms with Crippen LogP contribution in [0.2, 0.25) is 0 Å². The lowest BCUT2D eigenvalue weighted by atomic mass is 10.1. The van der Waals surface area contributed by atoms with Crippen LogP contribution in [0.3, 0.4) is 0 Å². The van der Waals surface area contributed by atoms with E-state index in [1.54, 1.807) is 32.0 Å². The number of nitrogens with two attached hydrogens (primary N) is 1. The van der Waals surface area contributed by atoms with Crippen LogP contribution < -0.4 is 14.6 Å². The first kappa shape index (κ1) is 22.2. The zero-order chi connectivity index (χ0) is 22.8. The van der Waals surface area contributed by atoms with Crippen molar-refractivity contribution in [2.24, 2.45) is 5.14 Å². The van der Waals surface area contributed by atoms with E-state index >= 15 is 0 Å². The smallest absolute Gasteiger partial charge is 0.338 e. The van der Waals surface area contributed by atoms with Crippen LogP contribution in [-0.4, -0.2) is 38.7 Å². The number of aryl methyl sites for hydroxylation is 1. The summed E-state index contributed by atoms with van der Waals surface area (Å²) in [7, 11) is -0.949. The minimum absolute atomic E-state index is 0.0451. The standard InChI is InChI=1S/C20H21N3O7S/c1-11-7-13(8-17(12(11)2)31(21,25)26)20(24)29-10-18-22-19(23-30-18)15-6-5-14(27-3)9-16(15)28-4/h5-9H,10H2,1-4H3,(H2,21,25,26). The molecule has 0 bridgehead atoms. The highest BCUT2D eigenvalue weighted by atomic mass is 32.2. The van der Waals surface area contributed by atoms with Crippen molar-refractivity contribution in [3.8, 4) is 22.9 Å². The number of ether oxygens (including phenoxy) is 3. The number of esters is 1. The van der Waals surface area contributed by atoms with Crippen molar-refractivity contribution in [3.63, 3.8) is 0 Å². The van der Waals surface area contributed by atoms with E-state index in [9.17, 15) is 13.2 Å². The van der Waals surface area contributed by atoms with Gasteiger partial charge in [-0.25, -0.2) is 18.4 Å². The normalized spacial score (nSPS) is 11.3. The zero-order valence-electron chi connectivity index (χ0n) is 17.3. The Morgan fingerprint density at radius 3 is 2.52 bits per heavy atom. The van der Waals surface area contributed by atoms with Crippen LogP contribution in [0.15, 0.2) is 39.8 Å². The van der Waals surface area contributed by atoms with Crippen molar-refractivity contribution in [2.75, 3.05) is 14.2 Å². The highest BCUT2D eigenvalue weighted by Gasteiger charge is 2.20. The molecule has 0 aliphatic carbocycles. The minimum Gasteiger partial charge on any atom is -0.497 e. The largest absolute Gasteiger partial charge is 0.497 e. The molecule has 11 heteroatoms. The Labute approximate surface area is 179 Å². The Morgan fingerprint density at radius 1 is 1.13 bits per heavy atom. The van der Waals surface area contributed by atoms with E-state index in [2.05, 4.69) is 10.1 Å². The number of carbonyl (C=O) groups excluding carboxylic acids is 1. The summed E-state index contributed by atoms with van der Waals surface area (Å²) in [5, 5.41) is 9.11. The van der Waals surface area contributed by atoms with Crippen LogP contribution in [0.4, 0.5) is 0 Å². The first-order chi connectivity index (χ1) is 14.6. The molecule has 164 valence electrons. The quantitative estimate of drug-likeness (QED) is 0.540. The molecule has 0 radical (unpaired) electrons. The number of methoxy groups -OCH3 is 2. The molecule has 0 saturated carbocycles. The number of nitrogens with zero attached hydrogens (tertiary/aromatic N) is 2. The van der Waals surface area contributed by atoms with Crippen LogP contribution in [0.1, 0.15) is 27.4 Å². The maximum atomic E-state index is 12.4. The average Bonchev–Trinajstić information content (AvgIpc) is 3.21. The third kappa shape index (κ3) is 4.84. The van der Waals surface area contributed by atoms with Crippen molar-refractivity contribution < 1.29 is 31.9 Å². The summed E-state index contributed by atoms with van der Waals surface area (Å²) >= 11 is 0.